The standard InChI is InChI=1S/C15H13F3O/c1-9-2-11(7-12(16)3-9)15(19)6-10-4-13(17)8-14(18)5-10/h2-5,7-8,15,19H,6H2,1H3. The molecule has 0 saturated heterocycles. The highest BCUT2D eigenvalue weighted by molar-refractivity contribution is 5.27. The molecule has 1 nitrogen and oxygen atoms in total. The van der Waals surface area contributed by atoms with E-state index in [1.165, 1.54) is 12.1 Å². The molecule has 2 aromatic rings. The van der Waals surface area contributed by atoms with E-state index in [4.69, 9.17) is 0 Å². The van der Waals surface area contributed by atoms with Crippen molar-refractivity contribution < 1.29 is 18.3 Å². The third-order valence-electron chi connectivity index (χ3n) is 2.80. The van der Waals surface area contributed by atoms with Gasteiger partial charge < -0.3 is 5.11 Å². The quantitative estimate of drug-likeness (QED) is 0.898. The summed E-state index contributed by atoms with van der Waals surface area (Å²) in [6, 6.07) is 7.27. The molecule has 1 N–H and O–H groups in total. The van der Waals surface area contributed by atoms with E-state index in [-0.39, 0.29) is 6.42 Å². The van der Waals surface area contributed by atoms with Gasteiger partial charge in [0, 0.05) is 12.5 Å². The summed E-state index contributed by atoms with van der Waals surface area (Å²) in [6.07, 6.45) is -0.979. The molecule has 0 bridgehead atoms. The second-order valence-corrected chi connectivity index (χ2v) is 4.56. The maximum absolute atomic E-state index is 13.2. The second-order valence-electron chi connectivity index (χ2n) is 4.56. The molecule has 2 aromatic carbocycles. The van der Waals surface area contributed by atoms with Crippen LogP contribution < -0.4 is 0 Å². The minimum atomic E-state index is -1.00. The van der Waals surface area contributed by atoms with Crippen molar-refractivity contribution in [2.75, 3.05) is 0 Å². The molecule has 0 aliphatic heterocycles. The Morgan fingerprint density at radius 2 is 1.47 bits per heavy atom. The van der Waals surface area contributed by atoms with Gasteiger partial charge in [-0.15, -0.1) is 0 Å². The summed E-state index contributed by atoms with van der Waals surface area (Å²) in [7, 11) is 0. The Hall–Kier alpha value is -1.81. The van der Waals surface area contributed by atoms with Gasteiger partial charge in [0.05, 0.1) is 6.10 Å². The Balaban J connectivity index is 2.22. The number of aliphatic hydroxyl groups excluding tert-OH is 1. The zero-order valence-electron chi connectivity index (χ0n) is 10.3. The third kappa shape index (κ3) is 3.58. The molecular weight excluding hydrogens is 253 g/mol. The van der Waals surface area contributed by atoms with Crippen molar-refractivity contribution in [1.29, 1.82) is 0 Å². The van der Waals surface area contributed by atoms with Crippen LogP contribution in [0.5, 0.6) is 0 Å². The highest BCUT2D eigenvalue weighted by Gasteiger charge is 2.12. The number of aryl methyl sites for hydroxylation is 1. The maximum atomic E-state index is 13.2. The molecule has 19 heavy (non-hydrogen) atoms. The fourth-order valence-corrected chi connectivity index (χ4v) is 2.03. The average Bonchev–Trinajstić information content (AvgIpc) is 2.25. The van der Waals surface area contributed by atoms with E-state index in [0.717, 1.165) is 18.2 Å². The monoisotopic (exact) mass is 266 g/mol. The highest BCUT2D eigenvalue weighted by atomic mass is 19.1. The number of aliphatic hydroxyl groups is 1. The molecule has 0 aliphatic carbocycles. The molecule has 0 heterocycles. The summed E-state index contributed by atoms with van der Waals surface area (Å²) in [5.74, 6) is -1.84. The van der Waals surface area contributed by atoms with Crippen LogP contribution in [0.25, 0.3) is 0 Å². The molecule has 0 aliphatic rings. The van der Waals surface area contributed by atoms with Crippen LogP contribution in [0.2, 0.25) is 0 Å². The van der Waals surface area contributed by atoms with Crippen molar-refractivity contribution >= 4 is 0 Å². The average molecular weight is 266 g/mol. The van der Waals surface area contributed by atoms with Gasteiger partial charge in [0.15, 0.2) is 0 Å². The lowest BCUT2D eigenvalue weighted by molar-refractivity contribution is 0.177. The first-order valence-corrected chi connectivity index (χ1v) is 5.84. The molecule has 0 amide bonds. The molecule has 0 aromatic heterocycles. The van der Waals surface area contributed by atoms with Crippen molar-refractivity contribution in [1.82, 2.24) is 0 Å². The fourth-order valence-electron chi connectivity index (χ4n) is 2.03. The molecule has 4 heteroatoms. The number of hydrogen-bond donors (Lipinski definition) is 1. The van der Waals surface area contributed by atoms with Crippen LogP contribution >= 0.6 is 0 Å². The fraction of sp³-hybridized carbons (Fsp3) is 0.200. The van der Waals surface area contributed by atoms with Crippen LogP contribution in [0.1, 0.15) is 22.8 Å². The Labute approximate surface area is 109 Å². The van der Waals surface area contributed by atoms with Crippen molar-refractivity contribution in [2.24, 2.45) is 0 Å². The van der Waals surface area contributed by atoms with E-state index in [0.29, 0.717) is 16.7 Å². The van der Waals surface area contributed by atoms with Crippen molar-refractivity contribution in [3.05, 3.63) is 70.5 Å². The van der Waals surface area contributed by atoms with Crippen LogP contribution in [0.4, 0.5) is 13.2 Å². The Morgan fingerprint density at radius 1 is 0.895 bits per heavy atom. The smallest absolute Gasteiger partial charge is 0.126 e. The minimum Gasteiger partial charge on any atom is -0.388 e. The Morgan fingerprint density at radius 3 is 2.05 bits per heavy atom. The second kappa shape index (κ2) is 5.45. The first-order valence-electron chi connectivity index (χ1n) is 5.84. The summed E-state index contributed by atoms with van der Waals surface area (Å²) < 4.78 is 39.3. The van der Waals surface area contributed by atoms with Gasteiger partial charge >= 0.3 is 0 Å². The van der Waals surface area contributed by atoms with Gasteiger partial charge in [-0.05, 0) is 47.9 Å². The number of rotatable bonds is 3. The molecule has 1 atom stereocenters. The van der Waals surface area contributed by atoms with Crippen molar-refractivity contribution in [2.45, 2.75) is 19.4 Å². The van der Waals surface area contributed by atoms with Gasteiger partial charge in [-0.25, -0.2) is 13.2 Å². The zero-order chi connectivity index (χ0) is 14.0. The van der Waals surface area contributed by atoms with Gasteiger partial charge in [-0.1, -0.05) is 6.07 Å². The van der Waals surface area contributed by atoms with E-state index in [1.807, 2.05) is 0 Å². The van der Waals surface area contributed by atoms with Crippen LogP contribution in [-0.2, 0) is 6.42 Å². The Bertz CT molecular complexity index is 555. The van der Waals surface area contributed by atoms with Crippen molar-refractivity contribution in [3.63, 3.8) is 0 Å². The van der Waals surface area contributed by atoms with Crippen LogP contribution in [0.3, 0.4) is 0 Å². The summed E-state index contributed by atoms with van der Waals surface area (Å²) >= 11 is 0. The molecule has 0 spiro atoms. The molecule has 2 rings (SSSR count). The summed E-state index contributed by atoms with van der Waals surface area (Å²) in [4.78, 5) is 0. The van der Waals surface area contributed by atoms with E-state index in [1.54, 1.807) is 13.0 Å². The third-order valence-corrected chi connectivity index (χ3v) is 2.80. The van der Waals surface area contributed by atoms with Gasteiger partial charge in [-0.2, -0.15) is 0 Å². The van der Waals surface area contributed by atoms with E-state index < -0.39 is 23.6 Å². The van der Waals surface area contributed by atoms with E-state index in [2.05, 4.69) is 0 Å². The van der Waals surface area contributed by atoms with E-state index >= 15 is 0 Å². The highest BCUT2D eigenvalue weighted by Crippen LogP contribution is 2.21. The lowest BCUT2D eigenvalue weighted by Crippen LogP contribution is -2.03. The summed E-state index contributed by atoms with van der Waals surface area (Å²) in [5.41, 5.74) is 1.40. The summed E-state index contributed by atoms with van der Waals surface area (Å²) in [5, 5.41) is 9.99. The normalized spacial score (nSPS) is 12.5. The minimum absolute atomic E-state index is 0.0254. The zero-order valence-corrected chi connectivity index (χ0v) is 10.3. The molecular formula is C15H13F3O. The van der Waals surface area contributed by atoms with Gasteiger partial charge in [0.2, 0.25) is 0 Å². The van der Waals surface area contributed by atoms with Crippen LogP contribution in [-0.4, -0.2) is 5.11 Å². The number of benzene rings is 2. The summed E-state index contributed by atoms with van der Waals surface area (Å²) in [6.45, 7) is 1.71. The topological polar surface area (TPSA) is 20.2 Å². The predicted octanol–water partition coefficient (Wildman–Crippen LogP) is 3.69. The first kappa shape index (κ1) is 13.6. The lowest BCUT2D eigenvalue weighted by Gasteiger charge is -2.12. The lowest BCUT2D eigenvalue weighted by atomic mass is 10.00. The van der Waals surface area contributed by atoms with Crippen molar-refractivity contribution in [3.8, 4) is 0 Å². The SMILES string of the molecule is Cc1cc(F)cc(C(O)Cc2cc(F)cc(F)c2)c1. The molecule has 0 radical (unpaired) electrons. The van der Waals surface area contributed by atoms with Crippen LogP contribution in [0.15, 0.2) is 36.4 Å². The van der Waals surface area contributed by atoms with Crippen LogP contribution in [0, 0.1) is 24.4 Å². The van der Waals surface area contributed by atoms with Gasteiger partial charge in [0.25, 0.3) is 0 Å². The largest absolute Gasteiger partial charge is 0.388 e. The van der Waals surface area contributed by atoms with Gasteiger partial charge in [0.1, 0.15) is 17.5 Å². The molecule has 1 unspecified atom stereocenters. The molecule has 100 valence electrons. The maximum Gasteiger partial charge on any atom is 0.126 e. The Kier molecular flexibility index (Phi) is 3.90. The van der Waals surface area contributed by atoms with Gasteiger partial charge in [-0.3, -0.25) is 0 Å². The number of hydrogen-bond acceptors (Lipinski definition) is 1. The first-order chi connectivity index (χ1) is 8.94. The molecule has 0 saturated carbocycles. The van der Waals surface area contributed by atoms with E-state index in [9.17, 15) is 18.3 Å². The molecule has 0 fully saturated rings. The number of halogens is 3. The predicted molar refractivity (Wildman–Crippen MR) is 66.2 cm³/mol.